The van der Waals surface area contributed by atoms with E-state index in [0.29, 0.717) is 5.69 Å². The third-order valence-electron chi connectivity index (χ3n) is 3.15. The number of phenols is 1. The van der Waals surface area contributed by atoms with Gasteiger partial charge in [0.1, 0.15) is 11.8 Å². The average molecular weight is 262 g/mol. The lowest BCUT2D eigenvalue weighted by Gasteiger charge is -2.18. The number of nitrogens with two attached hydrogens (primary N) is 1. The number of carbonyl (C=O) groups excluding carboxylic acids is 1. The van der Waals surface area contributed by atoms with Crippen molar-refractivity contribution in [3.8, 4) is 5.75 Å². The summed E-state index contributed by atoms with van der Waals surface area (Å²) in [4.78, 5) is 11.6. The molecule has 1 heterocycles. The van der Waals surface area contributed by atoms with E-state index in [9.17, 15) is 9.90 Å². The van der Waals surface area contributed by atoms with Gasteiger partial charge in [0, 0.05) is 23.2 Å². The first-order valence-electron chi connectivity index (χ1n) is 6.13. The normalized spacial score (nSPS) is 12.9. The number of aromatic hydroxyl groups is 1. The van der Waals surface area contributed by atoms with E-state index in [1.807, 2.05) is 24.5 Å². The molecule has 3 N–H and O–H groups in total. The molecule has 2 rings (SSSR count). The van der Waals surface area contributed by atoms with Crippen molar-refractivity contribution in [2.75, 3.05) is 7.11 Å². The number of phenolic OH excluding ortho intramolecular Hbond substituents is 1. The van der Waals surface area contributed by atoms with Crippen LogP contribution < -0.4 is 5.73 Å². The van der Waals surface area contributed by atoms with Crippen LogP contribution in [0.2, 0.25) is 0 Å². The average Bonchev–Trinajstić information content (AvgIpc) is 2.75. The maximum absolute atomic E-state index is 11.6. The van der Waals surface area contributed by atoms with Gasteiger partial charge in [0.05, 0.1) is 12.6 Å². The van der Waals surface area contributed by atoms with E-state index in [0.717, 1.165) is 10.9 Å². The van der Waals surface area contributed by atoms with Gasteiger partial charge in [-0.25, -0.2) is 4.79 Å². The molecule has 0 aliphatic carbocycles. The lowest BCUT2D eigenvalue weighted by atomic mass is 10.2. The molecule has 0 saturated heterocycles. The number of methoxy groups -OCH3 is 1. The number of hydrogen-bond acceptors (Lipinski definition) is 4. The number of carbonyl (C=O) groups is 1. The first-order chi connectivity index (χ1) is 8.95. The largest absolute Gasteiger partial charge is 0.508 e. The van der Waals surface area contributed by atoms with Crippen LogP contribution in [0.15, 0.2) is 24.3 Å². The predicted molar refractivity (Wildman–Crippen MR) is 72.9 cm³/mol. The molecule has 0 saturated carbocycles. The zero-order chi connectivity index (χ0) is 14.2. The topological polar surface area (TPSA) is 77.5 Å². The van der Waals surface area contributed by atoms with Gasteiger partial charge in [-0.2, -0.15) is 0 Å². The summed E-state index contributed by atoms with van der Waals surface area (Å²) in [5.74, 6) is -0.292. The minimum Gasteiger partial charge on any atom is -0.508 e. The highest BCUT2D eigenvalue weighted by Gasteiger charge is 2.23. The van der Waals surface area contributed by atoms with Gasteiger partial charge in [-0.05, 0) is 32.0 Å². The van der Waals surface area contributed by atoms with Crippen molar-refractivity contribution in [3.05, 3.63) is 30.0 Å². The highest BCUT2D eigenvalue weighted by Crippen LogP contribution is 2.30. The number of aromatic nitrogens is 1. The predicted octanol–water partition coefficient (Wildman–Crippen LogP) is 2.10. The van der Waals surface area contributed by atoms with Gasteiger partial charge < -0.3 is 20.1 Å². The summed E-state index contributed by atoms with van der Waals surface area (Å²) >= 11 is 0. The Morgan fingerprint density at radius 2 is 2.05 bits per heavy atom. The van der Waals surface area contributed by atoms with Gasteiger partial charge >= 0.3 is 5.97 Å². The highest BCUT2D eigenvalue weighted by molar-refractivity contribution is 5.86. The van der Waals surface area contributed by atoms with Crippen LogP contribution in [0.1, 0.15) is 31.6 Å². The van der Waals surface area contributed by atoms with Crippen molar-refractivity contribution >= 4 is 16.9 Å². The van der Waals surface area contributed by atoms with Crippen LogP contribution in [0.25, 0.3) is 10.9 Å². The standard InChI is InChI=1S/C14H18N2O3/c1-8(2)16-11-7-10(17)5-4-9(11)6-12(16)13(15)14(18)19-3/h4-8,13,17H,15H2,1-3H3. The highest BCUT2D eigenvalue weighted by atomic mass is 16.5. The lowest BCUT2D eigenvalue weighted by Crippen LogP contribution is -2.25. The summed E-state index contributed by atoms with van der Waals surface area (Å²) in [7, 11) is 1.32. The second-order valence-corrected chi connectivity index (χ2v) is 4.78. The molecule has 0 aliphatic heterocycles. The van der Waals surface area contributed by atoms with Crippen LogP contribution in [0.5, 0.6) is 5.75 Å². The van der Waals surface area contributed by atoms with E-state index < -0.39 is 12.0 Å². The molecule has 2 aromatic rings. The molecule has 1 aromatic carbocycles. The van der Waals surface area contributed by atoms with Gasteiger partial charge in [-0.15, -0.1) is 0 Å². The molecule has 5 heteroatoms. The van der Waals surface area contributed by atoms with Gasteiger partial charge in [0.2, 0.25) is 0 Å². The minimum absolute atomic E-state index is 0.116. The molecule has 0 amide bonds. The number of ether oxygens (including phenoxy) is 1. The molecule has 5 nitrogen and oxygen atoms in total. The van der Waals surface area contributed by atoms with Crippen LogP contribution in [0.4, 0.5) is 0 Å². The second-order valence-electron chi connectivity index (χ2n) is 4.78. The van der Waals surface area contributed by atoms with Crippen LogP contribution in [-0.2, 0) is 9.53 Å². The molecule has 0 radical (unpaired) electrons. The number of benzene rings is 1. The Labute approximate surface area is 111 Å². The summed E-state index contributed by atoms with van der Waals surface area (Å²) in [6.45, 7) is 3.99. The van der Waals surface area contributed by atoms with E-state index >= 15 is 0 Å². The number of hydrogen-bond donors (Lipinski definition) is 2. The second kappa shape index (κ2) is 4.93. The monoisotopic (exact) mass is 262 g/mol. The van der Waals surface area contributed by atoms with Crippen molar-refractivity contribution in [2.24, 2.45) is 5.73 Å². The molecule has 19 heavy (non-hydrogen) atoms. The molecule has 0 aliphatic rings. The zero-order valence-corrected chi connectivity index (χ0v) is 11.3. The van der Waals surface area contributed by atoms with E-state index in [2.05, 4.69) is 0 Å². The first-order valence-corrected chi connectivity index (χ1v) is 6.13. The number of rotatable bonds is 3. The van der Waals surface area contributed by atoms with Gasteiger partial charge in [0.15, 0.2) is 0 Å². The van der Waals surface area contributed by atoms with E-state index in [1.54, 1.807) is 18.2 Å². The van der Waals surface area contributed by atoms with Crippen molar-refractivity contribution in [1.29, 1.82) is 0 Å². The fourth-order valence-corrected chi connectivity index (χ4v) is 2.29. The quantitative estimate of drug-likeness (QED) is 0.830. The molecule has 1 unspecified atom stereocenters. The Kier molecular flexibility index (Phi) is 3.48. The van der Waals surface area contributed by atoms with Crippen molar-refractivity contribution in [2.45, 2.75) is 25.9 Å². The SMILES string of the molecule is COC(=O)C(N)c1cc2ccc(O)cc2n1C(C)C. The fourth-order valence-electron chi connectivity index (χ4n) is 2.29. The molecular weight excluding hydrogens is 244 g/mol. The Bertz CT molecular complexity index is 616. The van der Waals surface area contributed by atoms with Crippen molar-refractivity contribution in [3.63, 3.8) is 0 Å². The maximum atomic E-state index is 11.6. The van der Waals surface area contributed by atoms with Gasteiger partial charge in [-0.1, -0.05) is 0 Å². The van der Waals surface area contributed by atoms with Crippen LogP contribution in [0, 0.1) is 0 Å². The maximum Gasteiger partial charge on any atom is 0.328 e. The molecule has 0 fully saturated rings. The summed E-state index contributed by atoms with van der Waals surface area (Å²) in [5, 5.41) is 10.5. The number of nitrogens with zero attached hydrogens (tertiary/aromatic N) is 1. The van der Waals surface area contributed by atoms with Crippen LogP contribution in [0.3, 0.4) is 0 Å². The molecular formula is C14H18N2O3. The lowest BCUT2D eigenvalue weighted by molar-refractivity contribution is -0.142. The third kappa shape index (κ3) is 2.29. The van der Waals surface area contributed by atoms with E-state index in [1.165, 1.54) is 7.11 Å². The summed E-state index contributed by atoms with van der Waals surface area (Å²) in [6, 6.07) is 6.23. The van der Waals surface area contributed by atoms with E-state index in [-0.39, 0.29) is 11.8 Å². The Balaban J connectivity index is 2.66. The van der Waals surface area contributed by atoms with Gasteiger partial charge in [-0.3, -0.25) is 0 Å². The molecule has 0 bridgehead atoms. The van der Waals surface area contributed by atoms with Crippen LogP contribution in [-0.4, -0.2) is 22.8 Å². The minimum atomic E-state index is -0.832. The molecule has 1 aromatic heterocycles. The third-order valence-corrected chi connectivity index (χ3v) is 3.15. The summed E-state index contributed by atoms with van der Waals surface area (Å²) < 4.78 is 6.64. The van der Waals surface area contributed by atoms with Crippen molar-refractivity contribution in [1.82, 2.24) is 4.57 Å². The van der Waals surface area contributed by atoms with Gasteiger partial charge in [0.25, 0.3) is 0 Å². The summed E-state index contributed by atoms with van der Waals surface area (Å²) in [6.07, 6.45) is 0. The zero-order valence-electron chi connectivity index (χ0n) is 11.3. The van der Waals surface area contributed by atoms with Crippen molar-refractivity contribution < 1.29 is 14.6 Å². The Morgan fingerprint density at radius 1 is 1.37 bits per heavy atom. The molecule has 1 atom stereocenters. The number of esters is 1. The fraction of sp³-hybridized carbons (Fsp3) is 0.357. The molecule has 0 spiro atoms. The van der Waals surface area contributed by atoms with E-state index in [4.69, 9.17) is 10.5 Å². The summed E-state index contributed by atoms with van der Waals surface area (Å²) in [5.41, 5.74) is 7.47. The number of fused-ring (bicyclic) bond motifs is 1. The van der Waals surface area contributed by atoms with Crippen LogP contribution >= 0.6 is 0 Å². The molecule has 102 valence electrons. The Hall–Kier alpha value is -2.01. The first kappa shape index (κ1) is 13.4. The Morgan fingerprint density at radius 3 is 2.63 bits per heavy atom. The smallest absolute Gasteiger partial charge is 0.328 e.